The van der Waals surface area contributed by atoms with Gasteiger partial charge in [-0.3, -0.25) is 4.79 Å². The molecule has 5 heteroatoms. The summed E-state index contributed by atoms with van der Waals surface area (Å²) in [5.74, 6) is -0.169. The van der Waals surface area contributed by atoms with E-state index in [1.807, 2.05) is 25.1 Å². The minimum Gasteiger partial charge on any atom is -0.348 e. The number of hydrogen-bond acceptors (Lipinski definition) is 2. The topological polar surface area (TPSA) is 55.1 Å². The molecule has 0 spiro atoms. The van der Waals surface area contributed by atoms with Crippen molar-refractivity contribution < 1.29 is 4.79 Å². The summed E-state index contributed by atoms with van der Waals surface area (Å²) in [6, 6.07) is 7.31. The molecule has 0 aromatic heterocycles. The second-order valence-electron chi connectivity index (χ2n) is 3.05. The van der Waals surface area contributed by atoms with Crippen LogP contribution in [0.4, 0.5) is 0 Å². The van der Waals surface area contributed by atoms with Gasteiger partial charge in [-0.15, -0.1) is 12.4 Å². The van der Waals surface area contributed by atoms with Crippen LogP contribution in [-0.4, -0.2) is 12.5 Å². The summed E-state index contributed by atoms with van der Waals surface area (Å²) < 4.78 is 0. The summed E-state index contributed by atoms with van der Waals surface area (Å²) in [5.41, 5.74) is 6.16. The van der Waals surface area contributed by atoms with Gasteiger partial charge in [0.1, 0.15) is 0 Å². The largest absolute Gasteiger partial charge is 0.348 e. The summed E-state index contributed by atoms with van der Waals surface area (Å²) in [4.78, 5) is 11.0. The van der Waals surface area contributed by atoms with Crippen molar-refractivity contribution in [2.45, 2.75) is 13.0 Å². The minimum absolute atomic E-state index is 0. The third-order valence-corrected chi connectivity index (χ3v) is 2.15. The van der Waals surface area contributed by atoms with Crippen LogP contribution in [0.2, 0.25) is 5.02 Å². The fourth-order valence-electron chi connectivity index (χ4n) is 1.16. The molecule has 15 heavy (non-hydrogen) atoms. The Hall–Kier alpha value is -0.770. The molecule has 3 N–H and O–H groups in total. The Bertz CT molecular complexity index is 331. The molecule has 0 bridgehead atoms. The molecule has 0 heterocycles. The Labute approximate surface area is 100 Å². The molecule has 1 aromatic rings. The normalized spacial score (nSPS) is 11.4. The molecular weight excluding hydrogens is 235 g/mol. The zero-order chi connectivity index (χ0) is 10.6. The molecule has 1 amide bonds. The van der Waals surface area contributed by atoms with Crippen LogP contribution in [0, 0.1) is 0 Å². The van der Waals surface area contributed by atoms with E-state index in [0.29, 0.717) is 5.02 Å². The molecule has 0 saturated heterocycles. The fraction of sp³-hybridized carbons (Fsp3) is 0.300. The van der Waals surface area contributed by atoms with Gasteiger partial charge in [0.15, 0.2) is 0 Å². The molecule has 0 fully saturated rings. The molecule has 0 radical (unpaired) electrons. The molecular formula is C10H14Cl2N2O. The standard InChI is InChI=1S/C10H13ClN2O.ClH/c1-7(13-10(14)6-12)8-3-2-4-9(11)5-8;/h2-5,7H,6,12H2,1H3,(H,13,14);1H/t7-;/m1./s1. The molecule has 1 atom stereocenters. The molecule has 84 valence electrons. The zero-order valence-corrected chi connectivity index (χ0v) is 9.94. The summed E-state index contributed by atoms with van der Waals surface area (Å²) in [6.45, 7) is 1.89. The van der Waals surface area contributed by atoms with Gasteiger partial charge in [-0.25, -0.2) is 0 Å². The average molecular weight is 249 g/mol. The highest BCUT2D eigenvalue weighted by Gasteiger charge is 2.07. The number of nitrogens with two attached hydrogens (primary N) is 1. The van der Waals surface area contributed by atoms with E-state index in [4.69, 9.17) is 17.3 Å². The van der Waals surface area contributed by atoms with Gasteiger partial charge in [-0.2, -0.15) is 0 Å². The van der Waals surface area contributed by atoms with Crippen LogP contribution in [0.5, 0.6) is 0 Å². The van der Waals surface area contributed by atoms with Crippen LogP contribution < -0.4 is 11.1 Å². The molecule has 1 rings (SSSR count). The summed E-state index contributed by atoms with van der Waals surface area (Å²) in [7, 11) is 0. The fourth-order valence-corrected chi connectivity index (χ4v) is 1.36. The third-order valence-electron chi connectivity index (χ3n) is 1.91. The average Bonchev–Trinajstić information content (AvgIpc) is 2.17. The first-order valence-electron chi connectivity index (χ1n) is 4.38. The first-order chi connectivity index (χ1) is 6.63. The van der Waals surface area contributed by atoms with Gasteiger partial charge in [0.05, 0.1) is 12.6 Å². The second-order valence-corrected chi connectivity index (χ2v) is 3.48. The van der Waals surface area contributed by atoms with Gasteiger partial charge in [-0.05, 0) is 24.6 Å². The maximum Gasteiger partial charge on any atom is 0.234 e. The van der Waals surface area contributed by atoms with Crippen molar-refractivity contribution in [3.63, 3.8) is 0 Å². The Morgan fingerprint density at radius 2 is 2.27 bits per heavy atom. The number of hydrogen-bond donors (Lipinski definition) is 2. The van der Waals surface area contributed by atoms with Crippen LogP contribution in [-0.2, 0) is 4.79 Å². The Morgan fingerprint density at radius 1 is 1.60 bits per heavy atom. The smallest absolute Gasteiger partial charge is 0.234 e. The van der Waals surface area contributed by atoms with Crippen molar-refractivity contribution in [2.24, 2.45) is 5.73 Å². The second kappa shape index (κ2) is 6.67. The van der Waals surface area contributed by atoms with Crippen molar-refractivity contribution in [3.8, 4) is 0 Å². The van der Waals surface area contributed by atoms with E-state index < -0.39 is 0 Å². The van der Waals surface area contributed by atoms with E-state index in [9.17, 15) is 4.79 Å². The lowest BCUT2D eigenvalue weighted by Gasteiger charge is -2.13. The molecule has 0 aliphatic carbocycles. The van der Waals surface area contributed by atoms with E-state index in [2.05, 4.69) is 5.32 Å². The van der Waals surface area contributed by atoms with E-state index in [1.165, 1.54) is 0 Å². The number of carbonyl (C=O) groups excluding carboxylic acids is 1. The maximum atomic E-state index is 11.0. The van der Waals surface area contributed by atoms with Crippen LogP contribution in [0.25, 0.3) is 0 Å². The predicted molar refractivity (Wildman–Crippen MR) is 64.3 cm³/mol. The van der Waals surface area contributed by atoms with Crippen LogP contribution >= 0.6 is 24.0 Å². The molecule has 0 aliphatic rings. The number of benzene rings is 1. The summed E-state index contributed by atoms with van der Waals surface area (Å²) >= 11 is 5.82. The molecule has 1 aromatic carbocycles. The van der Waals surface area contributed by atoms with Gasteiger partial charge >= 0.3 is 0 Å². The first kappa shape index (κ1) is 14.2. The van der Waals surface area contributed by atoms with Crippen LogP contribution in [0.3, 0.4) is 0 Å². The zero-order valence-electron chi connectivity index (χ0n) is 8.37. The quantitative estimate of drug-likeness (QED) is 0.859. The predicted octanol–water partition coefficient (Wildman–Crippen LogP) is 1.90. The molecule has 0 aliphatic heterocycles. The van der Waals surface area contributed by atoms with Gasteiger partial charge < -0.3 is 11.1 Å². The lowest BCUT2D eigenvalue weighted by Crippen LogP contribution is -2.32. The van der Waals surface area contributed by atoms with Crippen molar-refractivity contribution in [3.05, 3.63) is 34.9 Å². The first-order valence-corrected chi connectivity index (χ1v) is 4.76. The summed E-state index contributed by atoms with van der Waals surface area (Å²) in [6.07, 6.45) is 0. The SMILES string of the molecule is C[C@@H](NC(=O)CN)c1cccc(Cl)c1.Cl. The Balaban J connectivity index is 0.00000196. The molecule has 0 saturated carbocycles. The number of rotatable bonds is 3. The Morgan fingerprint density at radius 3 is 2.80 bits per heavy atom. The molecule has 0 unspecified atom stereocenters. The van der Waals surface area contributed by atoms with Crippen molar-refractivity contribution in [1.29, 1.82) is 0 Å². The highest BCUT2D eigenvalue weighted by molar-refractivity contribution is 6.30. The molecule has 3 nitrogen and oxygen atoms in total. The number of carbonyl (C=O) groups is 1. The van der Waals surface area contributed by atoms with Crippen LogP contribution in [0.1, 0.15) is 18.5 Å². The van der Waals surface area contributed by atoms with Gasteiger partial charge in [-0.1, -0.05) is 23.7 Å². The van der Waals surface area contributed by atoms with Gasteiger partial charge in [0.25, 0.3) is 0 Å². The van der Waals surface area contributed by atoms with E-state index in [0.717, 1.165) is 5.56 Å². The van der Waals surface area contributed by atoms with E-state index >= 15 is 0 Å². The lowest BCUT2D eigenvalue weighted by atomic mass is 10.1. The van der Waals surface area contributed by atoms with Crippen LogP contribution in [0.15, 0.2) is 24.3 Å². The van der Waals surface area contributed by atoms with Crippen molar-refractivity contribution in [2.75, 3.05) is 6.54 Å². The van der Waals surface area contributed by atoms with Crippen molar-refractivity contribution in [1.82, 2.24) is 5.32 Å². The monoisotopic (exact) mass is 248 g/mol. The third kappa shape index (κ3) is 4.51. The Kier molecular flexibility index (Phi) is 6.32. The highest BCUT2D eigenvalue weighted by atomic mass is 35.5. The van der Waals surface area contributed by atoms with Gasteiger partial charge in [0, 0.05) is 5.02 Å². The minimum atomic E-state index is -0.169. The van der Waals surface area contributed by atoms with Crippen molar-refractivity contribution >= 4 is 29.9 Å². The summed E-state index contributed by atoms with van der Waals surface area (Å²) in [5, 5.41) is 3.41. The highest BCUT2D eigenvalue weighted by Crippen LogP contribution is 2.16. The van der Waals surface area contributed by atoms with Gasteiger partial charge in [0.2, 0.25) is 5.91 Å². The van der Waals surface area contributed by atoms with E-state index in [-0.39, 0.29) is 30.9 Å². The number of amides is 1. The maximum absolute atomic E-state index is 11.0. The lowest BCUT2D eigenvalue weighted by molar-refractivity contribution is -0.120. The number of halogens is 2. The number of nitrogens with one attached hydrogen (secondary N) is 1. The van der Waals surface area contributed by atoms with E-state index in [1.54, 1.807) is 6.07 Å².